The molecule has 1 nitrogen and oxygen atoms in total. The zero-order valence-corrected chi connectivity index (χ0v) is 40.1. The number of allylic oxidation sites excluding steroid dienone is 9. The average Bonchev–Trinajstić information content (AvgIpc) is 3.35. The molecule has 66 heavy (non-hydrogen) atoms. The van der Waals surface area contributed by atoms with Gasteiger partial charge in [0.2, 0.25) is 0 Å². The van der Waals surface area contributed by atoms with Gasteiger partial charge >= 0.3 is 0 Å². The molecule has 7 aromatic carbocycles. The quantitative estimate of drug-likeness (QED) is 0.107. The summed E-state index contributed by atoms with van der Waals surface area (Å²) in [5.74, 6) is 0.923. The van der Waals surface area contributed by atoms with Crippen molar-refractivity contribution in [1.82, 2.24) is 0 Å². The Bertz CT molecular complexity index is 3210. The molecular weight excluding hydrogens is 795 g/mol. The van der Waals surface area contributed by atoms with E-state index in [-0.39, 0.29) is 0 Å². The van der Waals surface area contributed by atoms with Crippen molar-refractivity contribution in [2.24, 2.45) is 10.9 Å². The number of hydrogen-bond donors (Lipinski definition) is 0. The molecule has 10 rings (SSSR count). The molecule has 0 N–H and O–H groups in total. The molecule has 0 aromatic heterocycles. The fourth-order valence-electron chi connectivity index (χ4n) is 11.5. The lowest BCUT2D eigenvalue weighted by Crippen LogP contribution is -2.09. The topological polar surface area (TPSA) is 12.4 Å². The normalized spacial score (nSPS) is 17.8. The first kappa shape index (κ1) is 43.3. The van der Waals surface area contributed by atoms with E-state index in [2.05, 4.69) is 206 Å². The van der Waals surface area contributed by atoms with Crippen LogP contribution in [0.15, 0.2) is 179 Å². The summed E-state index contributed by atoms with van der Waals surface area (Å²) in [6.07, 6.45) is 16.8. The van der Waals surface area contributed by atoms with Crippen LogP contribution in [0.25, 0.3) is 71.8 Å². The summed E-state index contributed by atoms with van der Waals surface area (Å²) >= 11 is 0. The van der Waals surface area contributed by atoms with E-state index in [1.807, 2.05) is 0 Å². The van der Waals surface area contributed by atoms with Crippen molar-refractivity contribution in [3.8, 4) is 33.4 Å². The highest BCUT2D eigenvalue weighted by Gasteiger charge is 2.28. The molecular formula is C65H63N. The van der Waals surface area contributed by atoms with Crippen molar-refractivity contribution in [1.29, 1.82) is 0 Å². The van der Waals surface area contributed by atoms with Crippen molar-refractivity contribution in [2.45, 2.75) is 99.3 Å². The van der Waals surface area contributed by atoms with Gasteiger partial charge in [0.25, 0.3) is 0 Å². The van der Waals surface area contributed by atoms with Crippen molar-refractivity contribution in [3.63, 3.8) is 0 Å². The van der Waals surface area contributed by atoms with E-state index in [4.69, 9.17) is 4.99 Å². The van der Waals surface area contributed by atoms with E-state index in [0.29, 0.717) is 11.8 Å². The molecule has 0 aliphatic heterocycles. The van der Waals surface area contributed by atoms with Crippen LogP contribution >= 0.6 is 0 Å². The number of hydrogen-bond acceptors (Lipinski definition) is 1. The van der Waals surface area contributed by atoms with Gasteiger partial charge in [0, 0.05) is 12.1 Å². The molecule has 2 bridgehead atoms. The maximum absolute atomic E-state index is 5.30. The summed E-state index contributed by atoms with van der Waals surface area (Å²) in [4.78, 5) is 5.30. The third-order valence-electron chi connectivity index (χ3n) is 15.0. The summed E-state index contributed by atoms with van der Waals surface area (Å²) < 4.78 is 0. The third-order valence-corrected chi connectivity index (χ3v) is 15.0. The van der Waals surface area contributed by atoms with Crippen LogP contribution in [0.3, 0.4) is 0 Å². The summed E-state index contributed by atoms with van der Waals surface area (Å²) in [5, 5.41) is 5.43. The highest BCUT2D eigenvalue weighted by atomic mass is 14.8. The summed E-state index contributed by atoms with van der Waals surface area (Å²) in [6, 6.07) is 50.2. The second-order valence-electron chi connectivity index (χ2n) is 19.4. The van der Waals surface area contributed by atoms with E-state index in [9.17, 15) is 0 Å². The van der Waals surface area contributed by atoms with Gasteiger partial charge in [0.1, 0.15) is 0 Å². The van der Waals surface area contributed by atoms with Crippen molar-refractivity contribution in [2.75, 3.05) is 0 Å². The van der Waals surface area contributed by atoms with Crippen molar-refractivity contribution >= 4 is 44.1 Å². The second-order valence-corrected chi connectivity index (χ2v) is 19.4. The number of aliphatic imine (C=N–C) groups is 1. The lowest BCUT2D eigenvalue weighted by Gasteiger charge is -2.29. The van der Waals surface area contributed by atoms with Crippen LogP contribution in [0.1, 0.15) is 119 Å². The summed E-state index contributed by atoms with van der Waals surface area (Å²) in [7, 11) is 0. The van der Waals surface area contributed by atoms with Gasteiger partial charge < -0.3 is 0 Å². The molecule has 3 aliphatic rings. The summed E-state index contributed by atoms with van der Waals surface area (Å²) in [6.45, 7) is 16.3. The first-order chi connectivity index (χ1) is 32.2. The predicted octanol–water partition coefficient (Wildman–Crippen LogP) is 18.5. The lowest BCUT2D eigenvalue weighted by molar-refractivity contribution is 0.622. The van der Waals surface area contributed by atoms with E-state index >= 15 is 0 Å². The standard InChI is InChI=1S/C65H63N/c1-8-18-62(50-35-32-48(33-36-50)47-19-10-9-11-20-47)66-44(5)39-43(4)45(6)55-38-30-42(3)63-58-23-14-15-24-59(58)64-56(27-17-28-60(64)65(55)63)51-37-34-49-31-29-41(2)52-21-12-13-22-57(52)53-25-16-26-54(46(53)7)61(49)40-51/h9-12,14-21,23-28,32-38,40-42H,8,13,22,29-31,39H2,1-7H3/b45-43-,62-18+,66-44?. The van der Waals surface area contributed by atoms with Gasteiger partial charge in [-0.05, 0) is 195 Å². The molecule has 0 heterocycles. The molecule has 0 saturated heterocycles. The molecule has 0 spiro atoms. The molecule has 2 unspecified atom stereocenters. The van der Waals surface area contributed by atoms with Crippen LogP contribution < -0.4 is 0 Å². The SMILES string of the molecule is CC/C=C(/N=C(C)C/C(C)=C(/C)C1=CCC(C)c2c1c1cccc(-c3ccc4c(c3)-c3cccc(c3C)C3=C(C=CCC3)C(C)CC4)c1c1ccccc21)c1ccc(-c2ccccc2)cc1. The Morgan fingerprint density at radius 2 is 1.36 bits per heavy atom. The van der Waals surface area contributed by atoms with Crippen LogP contribution in [-0.4, -0.2) is 5.71 Å². The highest BCUT2D eigenvalue weighted by Crippen LogP contribution is 2.50. The fourth-order valence-corrected chi connectivity index (χ4v) is 11.5. The zero-order valence-electron chi connectivity index (χ0n) is 40.1. The largest absolute Gasteiger partial charge is 0.258 e. The Balaban J connectivity index is 1.06. The van der Waals surface area contributed by atoms with Crippen molar-refractivity contribution < 1.29 is 0 Å². The van der Waals surface area contributed by atoms with Crippen LogP contribution in [-0.2, 0) is 6.42 Å². The van der Waals surface area contributed by atoms with Gasteiger partial charge in [0.15, 0.2) is 0 Å². The van der Waals surface area contributed by atoms with E-state index in [1.54, 1.807) is 5.57 Å². The highest BCUT2D eigenvalue weighted by molar-refractivity contribution is 6.20. The first-order valence-corrected chi connectivity index (χ1v) is 24.6. The number of benzene rings is 7. The Labute approximate surface area is 393 Å². The Kier molecular flexibility index (Phi) is 12.1. The fraction of sp³-hybridized carbons (Fsp3) is 0.246. The van der Waals surface area contributed by atoms with E-state index in [0.717, 1.165) is 61.9 Å². The number of fused-ring (bicyclic) bond motifs is 11. The van der Waals surface area contributed by atoms with Gasteiger partial charge in [-0.25, -0.2) is 0 Å². The monoisotopic (exact) mass is 857 g/mol. The zero-order chi connectivity index (χ0) is 45.5. The molecule has 3 aliphatic carbocycles. The molecule has 2 atom stereocenters. The minimum atomic E-state index is 0.408. The molecule has 1 heteroatoms. The smallest absolute Gasteiger partial charge is 0.0661 e. The van der Waals surface area contributed by atoms with Gasteiger partial charge in [-0.1, -0.05) is 178 Å². The Hall–Kier alpha value is -6.57. The molecule has 7 aromatic rings. The van der Waals surface area contributed by atoms with Gasteiger partial charge in [-0.3, -0.25) is 4.99 Å². The van der Waals surface area contributed by atoms with E-state index < -0.39 is 0 Å². The minimum absolute atomic E-state index is 0.408. The predicted molar refractivity (Wildman–Crippen MR) is 287 cm³/mol. The third kappa shape index (κ3) is 7.98. The summed E-state index contributed by atoms with van der Waals surface area (Å²) in [5.41, 5.74) is 25.5. The molecule has 328 valence electrons. The van der Waals surface area contributed by atoms with Crippen LogP contribution in [0.2, 0.25) is 0 Å². The van der Waals surface area contributed by atoms with Gasteiger partial charge in [-0.2, -0.15) is 0 Å². The maximum atomic E-state index is 5.30. The second kappa shape index (κ2) is 18.4. The maximum Gasteiger partial charge on any atom is 0.0661 e. The Morgan fingerprint density at radius 1 is 0.667 bits per heavy atom. The minimum Gasteiger partial charge on any atom is -0.258 e. The van der Waals surface area contributed by atoms with Gasteiger partial charge in [-0.15, -0.1) is 0 Å². The average molecular weight is 858 g/mol. The number of aryl methyl sites for hydroxylation is 1. The number of nitrogens with zero attached hydrogens (tertiary/aromatic N) is 1. The molecule has 0 amide bonds. The van der Waals surface area contributed by atoms with Crippen LogP contribution in [0, 0.1) is 12.8 Å². The van der Waals surface area contributed by atoms with Crippen molar-refractivity contribution in [3.05, 3.63) is 208 Å². The van der Waals surface area contributed by atoms with E-state index in [1.165, 1.54) is 105 Å². The number of rotatable bonds is 8. The Morgan fingerprint density at radius 3 is 2.17 bits per heavy atom. The lowest BCUT2D eigenvalue weighted by atomic mass is 9.74. The molecule has 0 radical (unpaired) electrons. The van der Waals surface area contributed by atoms with Crippen LogP contribution in [0.5, 0.6) is 0 Å². The van der Waals surface area contributed by atoms with Gasteiger partial charge in [0.05, 0.1) is 5.70 Å². The first-order valence-electron chi connectivity index (χ1n) is 24.6. The molecule has 0 fully saturated rings. The van der Waals surface area contributed by atoms with Crippen LogP contribution in [0.4, 0.5) is 0 Å². The molecule has 0 saturated carbocycles.